The van der Waals surface area contributed by atoms with E-state index in [-0.39, 0.29) is 29.9 Å². The van der Waals surface area contributed by atoms with Crippen LogP contribution >= 0.6 is 0 Å². The SMILES string of the molecule is COc1ccc([C@H](C)NC(=O)CN(Cc2ccccc2)S(=O)(=O)c2ccc(C)cc2)cc1. The molecule has 0 saturated heterocycles. The number of hydrogen-bond donors (Lipinski definition) is 1. The van der Waals surface area contributed by atoms with E-state index in [2.05, 4.69) is 5.32 Å². The summed E-state index contributed by atoms with van der Waals surface area (Å²) in [4.78, 5) is 13.0. The van der Waals surface area contributed by atoms with Crippen molar-refractivity contribution in [1.82, 2.24) is 9.62 Å². The third kappa shape index (κ3) is 5.96. The number of nitrogens with zero attached hydrogens (tertiary/aromatic N) is 1. The quantitative estimate of drug-likeness (QED) is 0.531. The molecule has 0 bridgehead atoms. The van der Waals surface area contributed by atoms with Crippen molar-refractivity contribution < 1.29 is 17.9 Å². The summed E-state index contributed by atoms with van der Waals surface area (Å²) in [7, 11) is -2.27. The number of methoxy groups -OCH3 is 1. The lowest BCUT2D eigenvalue weighted by atomic mass is 10.1. The number of benzene rings is 3. The minimum absolute atomic E-state index is 0.0986. The number of amides is 1. The maximum absolute atomic E-state index is 13.3. The van der Waals surface area contributed by atoms with E-state index in [1.54, 1.807) is 31.4 Å². The van der Waals surface area contributed by atoms with E-state index in [9.17, 15) is 13.2 Å². The maximum Gasteiger partial charge on any atom is 0.243 e. The number of hydrogen-bond acceptors (Lipinski definition) is 4. The molecule has 6 nitrogen and oxygen atoms in total. The third-order valence-corrected chi connectivity index (χ3v) is 6.98. The average Bonchev–Trinajstić information content (AvgIpc) is 2.79. The molecule has 32 heavy (non-hydrogen) atoms. The Kier molecular flexibility index (Phi) is 7.66. The molecular weight excluding hydrogens is 424 g/mol. The summed E-state index contributed by atoms with van der Waals surface area (Å²) in [6.07, 6.45) is 0. The van der Waals surface area contributed by atoms with Crippen molar-refractivity contribution >= 4 is 15.9 Å². The summed E-state index contributed by atoms with van der Waals surface area (Å²) in [5.41, 5.74) is 2.67. The van der Waals surface area contributed by atoms with Gasteiger partial charge in [0, 0.05) is 6.54 Å². The molecule has 0 saturated carbocycles. The summed E-state index contributed by atoms with van der Waals surface area (Å²) < 4.78 is 33.1. The molecule has 1 amide bonds. The van der Waals surface area contributed by atoms with Crippen molar-refractivity contribution in [2.75, 3.05) is 13.7 Å². The average molecular weight is 453 g/mol. The van der Waals surface area contributed by atoms with Crippen molar-refractivity contribution in [1.29, 1.82) is 0 Å². The molecular formula is C25H28N2O4S. The van der Waals surface area contributed by atoms with E-state index in [1.165, 1.54) is 4.31 Å². The van der Waals surface area contributed by atoms with Crippen molar-refractivity contribution in [2.24, 2.45) is 0 Å². The predicted octanol–water partition coefficient (Wildman–Crippen LogP) is 4.07. The highest BCUT2D eigenvalue weighted by Crippen LogP contribution is 2.20. The number of ether oxygens (including phenoxy) is 1. The van der Waals surface area contributed by atoms with Crippen LogP contribution in [0.15, 0.2) is 83.8 Å². The first-order valence-corrected chi connectivity index (χ1v) is 11.8. The molecule has 0 heterocycles. The number of sulfonamides is 1. The lowest BCUT2D eigenvalue weighted by Gasteiger charge is -2.23. The van der Waals surface area contributed by atoms with E-state index in [0.29, 0.717) is 0 Å². The topological polar surface area (TPSA) is 75.7 Å². The van der Waals surface area contributed by atoms with Crippen molar-refractivity contribution in [3.05, 3.63) is 95.6 Å². The minimum Gasteiger partial charge on any atom is -0.497 e. The lowest BCUT2D eigenvalue weighted by Crippen LogP contribution is -2.41. The molecule has 3 aromatic carbocycles. The zero-order valence-corrected chi connectivity index (χ0v) is 19.3. The van der Waals surface area contributed by atoms with Crippen LogP contribution in [-0.4, -0.2) is 32.3 Å². The van der Waals surface area contributed by atoms with Gasteiger partial charge in [-0.15, -0.1) is 0 Å². The molecule has 0 spiro atoms. The van der Waals surface area contributed by atoms with E-state index in [4.69, 9.17) is 4.74 Å². The van der Waals surface area contributed by atoms with Gasteiger partial charge >= 0.3 is 0 Å². The van der Waals surface area contributed by atoms with E-state index < -0.39 is 10.0 Å². The number of nitrogens with one attached hydrogen (secondary N) is 1. The second-order valence-electron chi connectivity index (χ2n) is 7.63. The first-order chi connectivity index (χ1) is 15.3. The third-order valence-electron chi connectivity index (χ3n) is 5.17. The summed E-state index contributed by atoms with van der Waals surface area (Å²) in [6.45, 7) is 3.56. The molecule has 3 rings (SSSR count). The highest BCUT2D eigenvalue weighted by Gasteiger charge is 2.27. The fraction of sp³-hybridized carbons (Fsp3) is 0.240. The Morgan fingerprint density at radius 3 is 2.19 bits per heavy atom. The van der Waals surface area contributed by atoms with Crippen LogP contribution in [0.5, 0.6) is 5.75 Å². The molecule has 1 atom stereocenters. The lowest BCUT2D eigenvalue weighted by molar-refractivity contribution is -0.122. The molecule has 0 unspecified atom stereocenters. The van der Waals surface area contributed by atoms with Crippen LogP contribution in [0.1, 0.15) is 29.7 Å². The molecule has 168 valence electrons. The fourth-order valence-electron chi connectivity index (χ4n) is 3.30. The smallest absolute Gasteiger partial charge is 0.243 e. The summed E-state index contributed by atoms with van der Waals surface area (Å²) >= 11 is 0. The minimum atomic E-state index is -3.86. The van der Waals surface area contributed by atoms with Crippen LogP contribution in [-0.2, 0) is 21.4 Å². The molecule has 0 aromatic heterocycles. The fourth-order valence-corrected chi connectivity index (χ4v) is 4.68. The van der Waals surface area contributed by atoms with Gasteiger partial charge in [0.1, 0.15) is 5.75 Å². The van der Waals surface area contributed by atoms with Crippen LogP contribution in [0.2, 0.25) is 0 Å². The highest BCUT2D eigenvalue weighted by molar-refractivity contribution is 7.89. The Balaban J connectivity index is 1.79. The Hall–Kier alpha value is -3.16. The first-order valence-electron chi connectivity index (χ1n) is 10.3. The van der Waals surface area contributed by atoms with Crippen LogP contribution in [0.3, 0.4) is 0 Å². The molecule has 0 aliphatic rings. The van der Waals surface area contributed by atoms with Gasteiger partial charge in [0.2, 0.25) is 15.9 Å². The van der Waals surface area contributed by atoms with Gasteiger partial charge in [-0.25, -0.2) is 8.42 Å². The van der Waals surface area contributed by atoms with Crippen LogP contribution in [0, 0.1) is 6.92 Å². The molecule has 0 fully saturated rings. The van der Waals surface area contributed by atoms with Gasteiger partial charge in [0.25, 0.3) is 0 Å². The Morgan fingerprint density at radius 1 is 0.969 bits per heavy atom. The number of aryl methyl sites for hydroxylation is 1. The van der Waals surface area contributed by atoms with Crippen LogP contribution in [0.25, 0.3) is 0 Å². The van der Waals surface area contributed by atoms with Crippen molar-refractivity contribution in [2.45, 2.75) is 31.3 Å². The van der Waals surface area contributed by atoms with E-state index >= 15 is 0 Å². The Bertz CT molecular complexity index is 1130. The monoisotopic (exact) mass is 452 g/mol. The molecule has 0 aliphatic carbocycles. The molecule has 1 N–H and O–H groups in total. The number of carbonyl (C=O) groups excluding carboxylic acids is 1. The van der Waals surface area contributed by atoms with E-state index in [0.717, 1.165) is 22.4 Å². The van der Waals surface area contributed by atoms with Gasteiger partial charge in [-0.1, -0.05) is 60.2 Å². The molecule has 0 radical (unpaired) electrons. The van der Waals surface area contributed by atoms with Crippen molar-refractivity contribution in [3.8, 4) is 5.75 Å². The van der Waals surface area contributed by atoms with E-state index in [1.807, 2.05) is 68.4 Å². The number of carbonyl (C=O) groups is 1. The molecule has 7 heteroatoms. The Morgan fingerprint density at radius 2 is 1.59 bits per heavy atom. The predicted molar refractivity (Wildman–Crippen MR) is 125 cm³/mol. The van der Waals surface area contributed by atoms with Gasteiger partial charge in [-0.3, -0.25) is 4.79 Å². The van der Waals surface area contributed by atoms with Crippen LogP contribution < -0.4 is 10.1 Å². The van der Waals surface area contributed by atoms with Gasteiger partial charge in [-0.2, -0.15) is 4.31 Å². The first kappa shape index (κ1) is 23.5. The van der Waals surface area contributed by atoms with Gasteiger partial charge in [0.15, 0.2) is 0 Å². The highest BCUT2D eigenvalue weighted by atomic mass is 32.2. The maximum atomic E-state index is 13.3. The summed E-state index contributed by atoms with van der Waals surface area (Å²) in [6, 6.07) is 23.0. The normalized spacial score (nSPS) is 12.4. The second kappa shape index (κ2) is 10.4. The summed E-state index contributed by atoms with van der Waals surface area (Å²) in [5, 5.41) is 2.90. The largest absolute Gasteiger partial charge is 0.497 e. The van der Waals surface area contributed by atoms with Crippen LogP contribution in [0.4, 0.5) is 0 Å². The standard InChI is InChI=1S/C25H28N2O4S/c1-19-9-15-24(16-10-19)32(29,30)27(17-21-7-5-4-6-8-21)18-25(28)26-20(2)22-11-13-23(31-3)14-12-22/h4-16,20H,17-18H2,1-3H3,(H,26,28)/t20-/m0/s1. The zero-order valence-electron chi connectivity index (χ0n) is 18.5. The summed E-state index contributed by atoms with van der Waals surface area (Å²) in [5.74, 6) is 0.352. The molecule has 3 aromatic rings. The van der Waals surface area contributed by atoms with Gasteiger partial charge in [0.05, 0.1) is 24.6 Å². The molecule has 0 aliphatic heterocycles. The zero-order chi connectivity index (χ0) is 23.1. The van der Waals surface area contributed by atoms with Gasteiger partial charge < -0.3 is 10.1 Å². The van der Waals surface area contributed by atoms with Gasteiger partial charge in [-0.05, 0) is 49.2 Å². The van der Waals surface area contributed by atoms with Crippen molar-refractivity contribution in [3.63, 3.8) is 0 Å². The second-order valence-corrected chi connectivity index (χ2v) is 9.57. The Labute approximate surface area is 189 Å². The number of rotatable bonds is 9.